The van der Waals surface area contributed by atoms with Gasteiger partial charge < -0.3 is 5.32 Å². The fourth-order valence-corrected chi connectivity index (χ4v) is 4.22. The molecular weight excluding hydrogens is 276 g/mol. The number of carbonyl (C=O) groups excluding carboxylic acids is 1. The summed E-state index contributed by atoms with van der Waals surface area (Å²) >= 11 is 3.15. The second kappa shape index (κ2) is 6.75. The molecule has 1 saturated carbocycles. The van der Waals surface area contributed by atoms with Gasteiger partial charge in [-0.1, -0.05) is 38.5 Å². The Labute approximate surface area is 123 Å². The van der Waals surface area contributed by atoms with E-state index in [2.05, 4.69) is 24.1 Å². The van der Waals surface area contributed by atoms with Crippen molar-refractivity contribution < 1.29 is 4.79 Å². The third-order valence-electron chi connectivity index (χ3n) is 3.98. The zero-order chi connectivity index (χ0) is 13.8. The van der Waals surface area contributed by atoms with Crippen molar-refractivity contribution in [1.29, 1.82) is 0 Å². The summed E-state index contributed by atoms with van der Waals surface area (Å²) in [6.45, 7) is 6.52. The average Bonchev–Trinajstić information content (AvgIpc) is 2.78. The van der Waals surface area contributed by atoms with Gasteiger partial charge in [-0.25, -0.2) is 4.98 Å². The number of nitrogens with one attached hydrogen (secondary N) is 1. The average molecular weight is 298 g/mol. The van der Waals surface area contributed by atoms with Gasteiger partial charge in [-0.05, 0) is 25.2 Å². The van der Waals surface area contributed by atoms with E-state index in [1.807, 2.05) is 12.3 Å². The quantitative estimate of drug-likeness (QED) is 0.865. The van der Waals surface area contributed by atoms with E-state index in [0.717, 1.165) is 16.5 Å². The Morgan fingerprint density at radius 2 is 2.32 bits per heavy atom. The van der Waals surface area contributed by atoms with E-state index < -0.39 is 0 Å². The maximum absolute atomic E-state index is 12.0. The molecule has 0 spiro atoms. The molecule has 0 unspecified atom stereocenters. The Bertz CT molecular complexity index is 433. The van der Waals surface area contributed by atoms with Gasteiger partial charge in [0.2, 0.25) is 5.91 Å². The maximum Gasteiger partial charge on any atom is 0.230 e. The smallest absolute Gasteiger partial charge is 0.230 e. The summed E-state index contributed by atoms with van der Waals surface area (Å²) < 4.78 is 0.984. The predicted molar refractivity (Wildman–Crippen MR) is 81.7 cm³/mol. The number of hydrogen-bond acceptors (Lipinski definition) is 4. The van der Waals surface area contributed by atoms with Crippen LogP contribution in [0.25, 0.3) is 0 Å². The summed E-state index contributed by atoms with van der Waals surface area (Å²) in [6.07, 6.45) is 3.65. The second-order valence-corrected chi connectivity index (χ2v) is 7.57. The lowest BCUT2D eigenvalue weighted by Gasteiger charge is -2.34. The van der Waals surface area contributed by atoms with Gasteiger partial charge in [0.25, 0.3) is 0 Å². The number of thioether (sulfide) groups is 1. The van der Waals surface area contributed by atoms with E-state index in [0.29, 0.717) is 23.6 Å². The van der Waals surface area contributed by atoms with Crippen LogP contribution in [0.15, 0.2) is 9.72 Å². The molecule has 1 aliphatic rings. The third kappa shape index (κ3) is 4.21. The minimum absolute atomic E-state index is 0.142. The Hall–Kier alpha value is -0.550. The molecule has 0 aliphatic heterocycles. The maximum atomic E-state index is 12.0. The highest BCUT2D eigenvalue weighted by molar-refractivity contribution is 8.01. The molecule has 106 valence electrons. The molecule has 1 N–H and O–H groups in total. The Morgan fingerprint density at radius 1 is 1.53 bits per heavy atom. The van der Waals surface area contributed by atoms with Crippen LogP contribution in [0.2, 0.25) is 0 Å². The number of hydrogen-bond donors (Lipinski definition) is 1. The first-order chi connectivity index (χ1) is 9.06. The van der Waals surface area contributed by atoms with Crippen LogP contribution < -0.4 is 5.32 Å². The molecule has 1 aromatic rings. The summed E-state index contributed by atoms with van der Waals surface area (Å²) in [7, 11) is 0. The molecule has 19 heavy (non-hydrogen) atoms. The first kappa shape index (κ1) is 14.9. The monoisotopic (exact) mass is 298 g/mol. The zero-order valence-corrected chi connectivity index (χ0v) is 13.4. The number of rotatable bonds is 4. The number of thiazole rings is 1. The number of amides is 1. The molecule has 1 fully saturated rings. The van der Waals surface area contributed by atoms with Crippen LogP contribution in [-0.2, 0) is 4.79 Å². The number of carbonyl (C=O) groups is 1. The second-order valence-electron chi connectivity index (χ2n) is 5.48. The van der Waals surface area contributed by atoms with Gasteiger partial charge in [0.1, 0.15) is 0 Å². The van der Waals surface area contributed by atoms with E-state index in [9.17, 15) is 4.79 Å². The van der Waals surface area contributed by atoms with Crippen LogP contribution in [0.1, 0.15) is 38.8 Å². The lowest BCUT2D eigenvalue weighted by molar-refractivity contribution is -0.119. The molecule has 1 aromatic heterocycles. The van der Waals surface area contributed by atoms with Crippen LogP contribution in [-0.4, -0.2) is 22.7 Å². The van der Waals surface area contributed by atoms with Gasteiger partial charge in [0.15, 0.2) is 4.34 Å². The first-order valence-electron chi connectivity index (χ1n) is 6.90. The van der Waals surface area contributed by atoms with Crippen molar-refractivity contribution in [2.45, 2.75) is 50.4 Å². The summed E-state index contributed by atoms with van der Waals surface area (Å²) in [4.78, 5) is 16.3. The van der Waals surface area contributed by atoms with Crippen LogP contribution in [0.4, 0.5) is 0 Å². The van der Waals surface area contributed by atoms with Crippen molar-refractivity contribution in [3.8, 4) is 0 Å². The zero-order valence-electron chi connectivity index (χ0n) is 11.8. The molecule has 5 heteroatoms. The molecule has 0 aromatic carbocycles. The Balaban J connectivity index is 1.77. The minimum atomic E-state index is 0.142. The molecule has 3 nitrogen and oxygen atoms in total. The van der Waals surface area contributed by atoms with Gasteiger partial charge in [0, 0.05) is 17.1 Å². The van der Waals surface area contributed by atoms with Crippen molar-refractivity contribution in [3.63, 3.8) is 0 Å². The standard InChI is InChI=1S/C14H22N2OS2/c1-9-5-4-6-12(11(9)3)16-13(17)8-19-14-15-10(2)7-18-14/h7,9,11-12H,4-6,8H2,1-3H3,(H,16,17)/t9-,11+,12-/m1/s1. The van der Waals surface area contributed by atoms with Crippen molar-refractivity contribution in [3.05, 3.63) is 11.1 Å². The summed E-state index contributed by atoms with van der Waals surface area (Å²) in [5, 5.41) is 5.21. The van der Waals surface area contributed by atoms with Crippen LogP contribution in [0.5, 0.6) is 0 Å². The highest BCUT2D eigenvalue weighted by Gasteiger charge is 2.27. The van der Waals surface area contributed by atoms with Crippen LogP contribution in [0, 0.1) is 18.8 Å². The molecule has 3 atom stereocenters. The molecule has 1 aliphatic carbocycles. The van der Waals surface area contributed by atoms with Crippen molar-refractivity contribution in [2.24, 2.45) is 11.8 Å². The molecule has 1 amide bonds. The molecule has 0 saturated heterocycles. The van der Waals surface area contributed by atoms with Gasteiger partial charge >= 0.3 is 0 Å². The molecule has 2 rings (SSSR count). The highest BCUT2D eigenvalue weighted by atomic mass is 32.2. The largest absolute Gasteiger partial charge is 0.352 e. The number of aryl methyl sites for hydroxylation is 1. The number of aromatic nitrogens is 1. The normalized spacial score (nSPS) is 27.2. The first-order valence-corrected chi connectivity index (χ1v) is 8.77. The lowest BCUT2D eigenvalue weighted by Crippen LogP contribution is -2.44. The van der Waals surface area contributed by atoms with E-state index in [1.54, 1.807) is 11.3 Å². The van der Waals surface area contributed by atoms with E-state index in [4.69, 9.17) is 0 Å². The molecule has 0 bridgehead atoms. The fourth-order valence-electron chi connectivity index (χ4n) is 2.56. The van der Waals surface area contributed by atoms with Crippen molar-refractivity contribution >= 4 is 29.0 Å². The molecule has 1 heterocycles. The summed E-state index contributed by atoms with van der Waals surface area (Å²) in [6, 6.07) is 0.356. The van der Waals surface area contributed by atoms with E-state index in [-0.39, 0.29) is 5.91 Å². The highest BCUT2D eigenvalue weighted by Crippen LogP contribution is 2.29. The summed E-state index contributed by atoms with van der Waals surface area (Å²) in [5.41, 5.74) is 1.03. The van der Waals surface area contributed by atoms with Gasteiger partial charge in [-0.3, -0.25) is 4.79 Å². The SMILES string of the molecule is Cc1csc(SCC(=O)N[C@@H]2CCC[C@@H](C)[C@@H]2C)n1. The number of nitrogens with zero attached hydrogens (tertiary/aromatic N) is 1. The molecular formula is C14H22N2OS2. The van der Waals surface area contributed by atoms with E-state index in [1.165, 1.54) is 24.6 Å². The van der Waals surface area contributed by atoms with Crippen molar-refractivity contribution in [1.82, 2.24) is 10.3 Å². The van der Waals surface area contributed by atoms with Gasteiger partial charge in [-0.15, -0.1) is 11.3 Å². The van der Waals surface area contributed by atoms with Crippen molar-refractivity contribution in [2.75, 3.05) is 5.75 Å². The van der Waals surface area contributed by atoms with Gasteiger partial charge in [0.05, 0.1) is 5.75 Å². The Morgan fingerprint density at radius 3 is 3.00 bits per heavy atom. The summed E-state index contributed by atoms with van der Waals surface area (Å²) in [5.74, 6) is 1.92. The Kier molecular flexibility index (Phi) is 5.28. The third-order valence-corrected chi connectivity index (χ3v) is 6.12. The minimum Gasteiger partial charge on any atom is -0.352 e. The fraction of sp³-hybridized carbons (Fsp3) is 0.714. The predicted octanol–water partition coefficient (Wildman–Crippen LogP) is 3.48. The molecule has 0 radical (unpaired) electrons. The lowest BCUT2D eigenvalue weighted by atomic mass is 9.78. The van der Waals surface area contributed by atoms with E-state index >= 15 is 0 Å². The van der Waals surface area contributed by atoms with Gasteiger partial charge in [-0.2, -0.15) is 0 Å². The topological polar surface area (TPSA) is 42.0 Å². The van der Waals surface area contributed by atoms with Crippen LogP contribution in [0.3, 0.4) is 0 Å². The van der Waals surface area contributed by atoms with Crippen LogP contribution >= 0.6 is 23.1 Å².